The molecule has 2 N–H and O–H groups in total. The molecule has 0 spiro atoms. The quantitative estimate of drug-likeness (QED) is 0.0643. The van der Waals surface area contributed by atoms with Gasteiger partial charge in [0, 0.05) is 0 Å². The van der Waals surface area contributed by atoms with Crippen LogP contribution in [0.3, 0.4) is 0 Å². The number of aliphatic carboxylic acids is 2. The van der Waals surface area contributed by atoms with E-state index in [9.17, 15) is 37.1 Å². The summed E-state index contributed by atoms with van der Waals surface area (Å²) in [5.41, 5.74) is -1.07. The molecule has 1 aromatic rings. The van der Waals surface area contributed by atoms with Gasteiger partial charge in [0.05, 0.1) is 40.3 Å². The fourth-order valence-electron chi connectivity index (χ4n) is 7.42. The fraction of sp³-hybridized carbons (Fsp3) is 0.814. The average molecular weight is 1030 g/mol. The molecule has 0 heterocycles. The molecule has 0 aliphatic heterocycles. The first-order chi connectivity index (χ1) is 32.8. The maximum Gasteiger partial charge on any atom is 0.425 e. The zero-order valence-corrected chi connectivity index (χ0v) is 49.2. The molecule has 0 aromatic heterocycles. The van der Waals surface area contributed by atoms with E-state index in [0.29, 0.717) is 56.7 Å². The van der Waals surface area contributed by atoms with Gasteiger partial charge < -0.3 is 24.4 Å². The van der Waals surface area contributed by atoms with Crippen LogP contribution in [0.2, 0.25) is 0 Å². The van der Waals surface area contributed by atoms with Gasteiger partial charge in [-0.25, -0.2) is 0 Å². The molecular formula is C59H105F3O10. The van der Waals surface area contributed by atoms with Crippen molar-refractivity contribution in [3.05, 3.63) is 35.4 Å². The van der Waals surface area contributed by atoms with Gasteiger partial charge in [-0.3, -0.25) is 24.0 Å². The molecule has 0 saturated heterocycles. The van der Waals surface area contributed by atoms with E-state index in [2.05, 4.69) is 91.3 Å². The van der Waals surface area contributed by atoms with Crippen LogP contribution in [0.15, 0.2) is 24.3 Å². The fourth-order valence-corrected chi connectivity index (χ4v) is 7.42. The van der Waals surface area contributed by atoms with E-state index in [-0.39, 0.29) is 23.8 Å². The predicted octanol–water partition coefficient (Wildman–Crippen LogP) is 16.7. The van der Waals surface area contributed by atoms with Crippen molar-refractivity contribution in [3.8, 4) is 0 Å². The SMILES string of the molecule is CCC(C)(C)C(=O)OC(C)C(F)(F)F.CCC(C)(CC(C)(C)C(=O)O)C(=O)O.CCC(C)c1ccc(C(C)(C)C)cc1.CCCCC(CC)COC(=O)C(C)(C)CC(C)(CC)C(=O)OCC(CC)CCCC. The number of esters is 3. The van der Waals surface area contributed by atoms with Crippen LogP contribution in [0.25, 0.3) is 0 Å². The van der Waals surface area contributed by atoms with Crippen molar-refractivity contribution in [3.63, 3.8) is 0 Å². The zero-order valence-electron chi connectivity index (χ0n) is 49.2. The Hall–Kier alpha value is -3.64. The van der Waals surface area contributed by atoms with Gasteiger partial charge in [0.15, 0.2) is 6.10 Å². The van der Waals surface area contributed by atoms with Crippen molar-refractivity contribution in [1.82, 2.24) is 0 Å². The monoisotopic (exact) mass is 1030 g/mol. The van der Waals surface area contributed by atoms with Crippen LogP contribution >= 0.6 is 0 Å². The van der Waals surface area contributed by atoms with Crippen molar-refractivity contribution < 1.29 is 61.6 Å². The first kappa shape index (κ1) is 72.6. The molecule has 6 unspecified atom stereocenters. The van der Waals surface area contributed by atoms with Crippen molar-refractivity contribution in [2.45, 2.75) is 259 Å². The molecule has 0 aliphatic carbocycles. The molecule has 10 nitrogen and oxygen atoms in total. The second-order valence-electron chi connectivity index (χ2n) is 23.6. The van der Waals surface area contributed by atoms with Crippen LogP contribution in [0.1, 0.15) is 252 Å². The molecule has 0 saturated carbocycles. The predicted molar refractivity (Wildman–Crippen MR) is 287 cm³/mol. The number of unbranched alkanes of at least 4 members (excludes halogenated alkanes) is 2. The summed E-state index contributed by atoms with van der Waals surface area (Å²) in [6.07, 6.45) is 5.64. The molecule has 422 valence electrons. The lowest BCUT2D eigenvalue weighted by Crippen LogP contribution is -2.39. The molecule has 1 aromatic carbocycles. The van der Waals surface area contributed by atoms with E-state index >= 15 is 0 Å². The molecule has 0 bridgehead atoms. The number of rotatable bonds is 27. The van der Waals surface area contributed by atoms with E-state index in [0.717, 1.165) is 58.3 Å². The number of carbonyl (C=O) groups excluding carboxylic acids is 3. The summed E-state index contributed by atoms with van der Waals surface area (Å²) in [4.78, 5) is 58.8. The molecule has 0 fully saturated rings. The Balaban J connectivity index is -0.000000952. The molecule has 0 aliphatic rings. The third kappa shape index (κ3) is 27.6. The average Bonchev–Trinajstić information content (AvgIpc) is 3.30. The Kier molecular flexibility index (Phi) is 33.6. The van der Waals surface area contributed by atoms with E-state index < -0.39 is 57.3 Å². The van der Waals surface area contributed by atoms with Crippen LogP contribution in [0.5, 0.6) is 0 Å². The van der Waals surface area contributed by atoms with Crippen molar-refractivity contribution >= 4 is 29.8 Å². The van der Waals surface area contributed by atoms with Gasteiger partial charge in [-0.05, 0) is 148 Å². The number of benzene rings is 1. The summed E-state index contributed by atoms with van der Waals surface area (Å²) in [6.45, 7) is 40.7. The lowest BCUT2D eigenvalue weighted by atomic mass is 9.72. The molecular weight excluding hydrogens is 926 g/mol. The Labute approximate surface area is 436 Å². The molecule has 1 rings (SSSR count). The molecule has 13 heteroatoms. The van der Waals surface area contributed by atoms with Gasteiger partial charge >= 0.3 is 36.0 Å². The maximum atomic E-state index is 12.9. The summed E-state index contributed by atoms with van der Waals surface area (Å²) in [5, 5.41) is 17.9. The number of carboxylic acids is 2. The summed E-state index contributed by atoms with van der Waals surface area (Å²) in [6, 6.07) is 9.08. The molecule has 72 heavy (non-hydrogen) atoms. The van der Waals surface area contributed by atoms with Gasteiger partial charge in [0.25, 0.3) is 0 Å². The van der Waals surface area contributed by atoms with E-state index in [4.69, 9.17) is 19.7 Å². The van der Waals surface area contributed by atoms with Crippen LogP contribution in [-0.4, -0.2) is 65.6 Å². The topological polar surface area (TPSA) is 154 Å². The Morgan fingerprint density at radius 1 is 0.528 bits per heavy atom. The highest BCUT2D eigenvalue weighted by atomic mass is 19.4. The number of ether oxygens (including phenoxy) is 3. The standard InChI is InChI=1S/C26H50O4.C14H22.C10H18O4.C9H15F3O2/c1-9-14-16-21(11-3)18-29-23(27)25(6,7)20-26(8,13-5)24(28)30-19-22(12-4)17-15-10-2;1-6-11(2)12-7-9-13(10-8-12)14(3,4)5;1-5-10(4,8(13)14)6-9(2,3)7(11)12;1-5-8(3,4)7(13)14-6(2)9(10,11)12/h21-22H,9-20H2,1-8H3;7-11H,6H2,1-5H3;5-6H2,1-4H3,(H,11,12)(H,13,14);6H,5H2,1-4H3. The number of carboxylic acid groups (broad SMARTS) is 2. The van der Waals surface area contributed by atoms with Crippen LogP contribution in [0, 0.1) is 38.9 Å². The lowest BCUT2D eigenvalue weighted by Gasteiger charge is -2.34. The second kappa shape index (κ2) is 33.3. The smallest absolute Gasteiger partial charge is 0.425 e. The minimum absolute atomic E-state index is 0.140. The van der Waals surface area contributed by atoms with E-state index in [1.807, 2.05) is 27.7 Å². The van der Waals surface area contributed by atoms with Gasteiger partial charge in [0.2, 0.25) is 0 Å². The van der Waals surface area contributed by atoms with E-state index in [1.54, 1.807) is 48.5 Å². The Morgan fingerprint density at radius 3 is 1.26 bits per heavy atom. The van der Waals surface area contributed by atoms with Crippen LogP contribution < -0.4 is 0 Å². The molecule has 0 radical (unpaired) electrons. The van der Waals surface area contributed by atoms with Gasteiger partial charge in [-0.15, -0.1) is 0 Å². The van der Waals surface area contributed by atoms with E-state index in [1.165, 1.54) is 17.5 Å². The highest BCUT2D eigenvalue weighted by Crippen LogP contribution is 2.40. The molecule has 0 amide bonds. The summed E-state index contributed by atoms with van der Waals surface area (Å²) >= 11 is 0. The third-order valence-corrected chi connectivity index (χ3v) is 14.5. The minimum Gasteiger partial charge on any atom is -0.481 e. The zero-order chi connectivity index (χ0) is 57.1. The van der Waals surface area contributed by atoms with Gasteiger partial charge in [0.1, 0.15) is 0 Å². The summed E-state index contributed by atoms with van der Waals surface area (Å²) in [5.74, 6) is -1.58. The van der Waals surface area contributed by atoms with Crippen molar-refractivity contribution in [1.29, 1.82) is 0 Å². The van der Waals surface area contributed by atoms with Crippen LogP contribution in [0.4, 0.5) is 13.2 Å². The lowest BCUT2D eigenvalue weighted by molar-refractivity contribution is -0.221. The Bertz CT molecular complexity index is 1710. The highest BCUT2D eigenvalue weighted by Gasteiger charge is 2.44. The first-order valence-corrected chi connectivity index (χ1v) is 27.0. The second-order valence-corrected chi connectivity index (χ2v) is 23.6. The maximum absolute atomic E-state index is 12.9. The number of halogens is 3. The third-order valence-electron chi connectivity index (χ3n) is 14.5. The highest BCUT2D eigenvalue weighted by molar-refractivity contribution is 5.80. The first-order valence-electron chi connectivity index (χ1n) is 27.0. The summed E-state index contributed by atoms with van der Waals surface area (Å²) in [7, 11) is 0. The summed E-state index contributed by atoms with van der Waals surface area (Å²) < 4.78 is 51.8. The number of hydrogen-bond acceptors (Lipinski definition) is 8. The number of alkyl halides is 3. The van der Waals surface area contributed by atoms with Crippen LogP contribution in [-0.2, 0) is 43.6 Å². The van der Waals surface area contributed by atoms with Gasteiger partial charge in [-0.1, -0.05) is 146 Å². The number of carbonyl (C=O) groups is 5. The van der Waals surface area contributed by atoms with Gasteiger partial charge in [-0.2, -0.15) is 13.2 Å². The molecule has 6 atom stereocenters. The number of hydrogen-bond donors (Lipinski definition) is 2. The Morgan fingerprint density at radius 2 is 0.944 bits per heavy atom. The largest absolute Gasteiger partial charge is 0.481 e. The minimum atomic E-state index is -4.49. The van der Waals surface area contributed by atoms with Crippen molar-refractivity contribution in [2.24, 2.45) is 38.9 Å². The normalized spacial score (nSPS) is 15.4. The van der Waals surface area contributed by atoms with Crippen molar-refractivity contribution in [2.75, 3.05) is 13.2 Å².